The van der Waals surface area contributed by atoms with Crippen LogP contribution in [0.1, 0.15) is 12.5 Å². The molecule has 1 aromatic rings. The predicted octanol–water partition coefficient (Wildman–Crippen LogP) is 3.01. The molecule has 1 heterocycles. The highest BCUT2D eigenvalue weighted by Gasteiger charge is 2.34. The van der Waals surface area contributed by atoms with E-state index in [0.29, 0.717) is 6.54 Å². The number of halogens is 5. The number of benzene rings is 1. The van der Waals surface area contributed by atoms with E-state index in [0.717, 1.165) is 19.2 Å². The molecular weight excluding hydrogens is 354 g/mol. The molecule has 0 radical (unpaired) electrons. The van der Waals surface area contributed by atoms with E-state index in [9.17, 15) is 18.0 Å². The molecular formula is C14H18Cl2F3N3O. The first-order chi connectivity index (χ1) is 10.3. The van der Waals surface area contributed by atoms with Crippen molar-refractivity contribution in [1.82, 2.24) is 10.2 Å². The van der Waals surface area contributed by atoms with Crippen LogP contribution in [0.2, 0.25) is 5.02 Å². The van der Waals surface area contributed by atoms with Gasteiger partial charge in [-0.05, 0) is 25.1 Å². The first kappa shape index (κ1) is 20.0. The Labute approximate surface area is 143 Å². The number of carbonyl (C=O) groups is 1. The van der Waals surface area contributed by atoms with Crippen LogP contribution >= 0.6 is 24.0 Å². The Balaban J connectivity index is 0.00000264. The van der Waals surface area contributed by atoms with Gasteiger partial charge in [0.05, 0.1) is 17.8 Å². The third-order valence-electron chi connectivity index (χ3n) is 3.55. The molecule has 0 saturated carbocycles. The summed E-state index contributed by atoms with van der Waals surface area (Å²) < 4.78 is 38.9. The lowest BCUT2D eigenvalue weighted by atomic mass is 10.1. The van der Waals surface area contributed by atoms with E-state index in [2.05, 4.69) is 10.6 Å². The Morgan fingerprint density at radius 1 is 1.48 bits per heavy atom. The summed E-state index contributed by atoms with van der Waals surface area (Å²) in [5.41, 5.74) is -1.22. The van der Waals surface area contributed by atoms with Gasteiger partial charge in [-0.2, -0.15) is 13.2 Å². The Kier molecular flexibility index (Phi) is 7.13. The number of nitrogens with zero attached hydrogens (tertiary/aromatic N) is 1. The fourth-order valence-corrected chi connectivity index (χ4v) is 2.52. The molecule has 1 aliphatic rings. The van der Waals surface area contributed by atoms with Crippen LogP contribution in [0.3, 0.4) is 0 Å². The Hall–Kier alpha value is -1.02. The molecule has 2 N–H and O–H groups in total. The molecule has 9 heteroatoms. The van der Waals surface area contributed by atoms with Crippen molar-refractivity contribution >= 4 is 35.6 Å². The van der Waals surface area contributed by atoms with Gasteiger partial charge in [0.15, 0.2) is 0 Å². The molecule has 1 aliphatic heterocycles. The zero-order valence-corrected chi connectivity index (χ0v) is 14.0. The van der Waals surface area contributed by atoms with Gasteiger partial charge in [-0.25, -0.2) is 0 Å². The van der Waals surface area contributed by atoms with E-state index < -0.39 is 17.6 Å². The minimum absolute atomic E-state index is 0. The number of amides is 1. The summed E-state index contributed by atoms with van der Waals surface area (Å²) in [4.78, 5) is 13.9. The second-order valence-electron chi connectivity index (χ2n) is 5.26. The Morgan fingerprint density at radius 2 is 2.17 bits per heavy atom. The summed E-state index contributed by atoms with van der Waals surface area (Å²) >= 11 is 5.61. The van der Waals surface area contributed by atoms with Gasteiger partial charge in [-0.3, -0.25) is 9.69 Å². The molecule has 4 nitrogen and oxygen atoms in total. The lowest BCUT2D eigenvalue weighted by Gasteiger charge is -2.33. The van der Waals surface area contributed by atoms with Crippen LogP contribution in [-0.4, -0.2) is 43.0 Å². The third-order valence-corrected chi connectivity index (χ3v) is 3.78. The number of anilines is 1. The number of alkyl halides is 3. The van der Waals surface area contributed by atoms with Crippen LogP contribution in [0.4, 0.5) is 18.9 Å². The highest BCUT2D eigenvalue weighted by molar-refractivity contribution is 6.30. The zero-order valence-electron chi connectivity index (χ0n) is 12.4. The molecule has 1 amide bonds. The standard InChI is InChI=1S/C14H17ClF3N3O.ClH/c1-9-7-19-4-5-21(9)8-13(22)20-12-3-2-10(15)6-11(12)14(16,17)18;/h2-3,6,9,19H,4-5,7-8H2,1H3,(H,20,22);1H/t9-;/m1./s1. The van der Waals surface area contributed by atoms with E-state index in [4.69, 9.17) is 11.6 Å². The van der Waals surface area contributed by atoms with Crippen molar-refractivity contribution < 1.29 is 18.0 Å². The lowest BCUT2D eigenvalue weighted by Crippen LogP contribution is -2.52. The van der Waals surface area contributed by atoms with Crippen LogP contribution in [0.15, 0.2) is 18.2 Å². The van der Waals surface area contributed by atoms with Crippen LogP contribution in [-0.2, 0) is 11.0 Å². The van der Waals surface area contributed by atoms with Gasteiger partial charge < -0.3 is 10.6 Å². The quantitative estimate of drug-likeness (QED) is 0.858. The summed E-state index contributed by atoms with van der Waals surface area (Å²) in [6.45, 7) is 4.21. The zero-order chi connectivity index (χ0) is 16.3. The molecule has 0 spiro atoms. The maximum atomic E-state index is 13.0. The normalized spacial score (nSPS) is 19.1. The van der Waals surface area contributed by atoms with Gasteiger partial charge in [-0.15, -0.1) is 12.4 Å². The van der Waals surface area contributed by atoms with Crippen molar-refractivity contribution in [2.75, 3.05) is 31.5 Å². The SMILES string of the molecule is C[C@@H]1CNCCN1CC(=O)Nc1ccc(Cl)cc1C(F)(F)F.Cl. The minimum Gasteiger partial charge on any atom is -0.324 e. The Morgan fingerprint density at radius 3 is 2.78 bits per heavy atom. The summed E-state index contributed by atoms with van der Waals surface area (Å²) in [6, 6.07) is 3.46. The van der Waals surface area contributed by atoms with Gasteiger partial charge in [0.25, 0.3) is 0 Å². The predicted molar refractivity (Wildman–Crippen MR) is 86.2 cm³/mol. The maximum Gasteiger partial charge on any atom is 0.418 e. The fraction of sp³-hybridized carbons (Fsp3) is 0.500. The molecule has 1 fully saturated rings. The first-order valence-corrected chi connectivity index (χ1v) is 7.26. The first-order valence-electron chi connectivity index (χ1n) is 6.89. The topological polar surface area (TPSA) is 44.4 Å². The molecule has 0 bridgehead atoms. The number of hydrogen-bond donors (Lipinski definition) is 2. The third kappa shape index (κ3) is 5.53. The molecule has 2 rings (SSSR count). The van der Waals surface area contributed by atoms with Crippen LogP contribution in [0.25, 0.3) is 0 Å². The van der Waals surface area contributed by atoms with Crippen molar-refractivity contribution in [3.63, 3.8) is 0 Å². The molecule has 1 aromatic carbocycles. The van der Waals surface area contributed by atoms with Crippen LogP contribution < -0.4 is 10.6 Å². The highest BCUT2D eigenvalue weighted by atomic mass is 35.5. The van der Waals surface area contributed by atoms with Gasteiger partial charge in [0, 0.05) is 30.7 Å². The second kappa shape index (κ2) is 8.19. The van der Waals surface area contributed by atoms with Crippen molar-refractivity contribution in [2.24, 2.45) is 0 Å². The smallest absolute Gasteiger partial charge is 0.324 e. The monoisotopic (exact) mass is 371 g/mol. The summed E-state index contributed by atoms with van der Waals surface area (Å²) in [6.07, 6.45) is -4.57. The molecule has 1 atom stereocenters. The summed E-state index contributed by atoms with van der Waals surface area (Å²) in [5, 5.41) is 5.49. The van der Waals surface area contributed by atoms with Crippen molar-refractivity contribution in [3.05, 3.63) is 28.8 Å². The average Bonchev–Trinajstić information content (AvgIpc) is 2.42. The molecule has 0 aromatic heterocycles. The lowest BCUT2D eigenvalue weighted by molar-refractivity contribution is -0.137. The number of carbonyl (C=O) groups excluding carboxylic acids is 1. The van der Waals surface area contributed by atoms with Gasteiger partial charge in [-0.1, -0.05) is 11.6 Å². The largest absolute Gasteiger partial charge is 0.418 e. The van der Waals surface area contributed by atoms with Gasteiger partial charge in [0.2, 0.25) is 5.91 Å². The number of nitrogens with one attached hydrogen (secondary N) is 2. The van der Waals surface area contributed by atoms with E-state index in [1.807, 2.05) is 11.8 Å². The van der Waals surface area contributed by atoms with Gasteiger partial charge in [0.1, 0.15) is 0 Å². The van der Waals surface area contributed by atoms with Crippen molar-refractivity contribution in [3.8, 4) is 0 Å². The van der Waals surface area contributed by atoms with Crippen LogP contribution in [0.5, 0.6) is 0 Å². The van der Waals surface area contributed by atoms with Crippen molar-refractivity contribution in [1.29, 1.82) is 0 Å². The fourth-order valence-electron chi connectivity index (χ4n) is 2.35. The number of hydrogen-bond acceptors (Lipinski definition) is 3. The molecule has 0 aliphatic carbocycles. The molecule has 1 saturated heterocycles. The van der Waals surface area contributed by atoms with E-state index in [-0.39, 0.29) is 35.7 Å². The van der Waals surface area contributed by atoms with E-state index in [1.165, 1.54) is 12.1 Å². The van der Waals surface area contributed by atoms with Crippen LogP contribution in [0, 0.1) is 0 Å². The average molecular weight is 372 g/mol. The van der Waals surface area contributed by atoms with Crippen molar-refractivity contribution in [2.45, 2.75) is 19.1 Å². The second-order valence-corrected chi connectivity index (χ2v) is 5.70. The van der Waals surface area contributed by atoms with Gasteiger partial charge >= 0.3 is 6.18 Å². The number of rotatable bonds is 3. The number of piperazine rings is 1. The molecule has 130 valence electrons. The highest BCUT2D eigenvalue weighted by Crippen LogP contribution is 2.36. The van der Waals surface area contributed by atoms with E-state index in [1.54, 1.807) is 0 Å². The minimum atomic E-state index is -4.57. The Bertz CT molecular complexity index is 555. The summed E-state index contributed by atoms with van der Waals surface area (Å²) in [5.74, 6) is -0.471. The summed E-state index contributed by atoms with van der Waals surface area (Å²) in [7, 11) is 0. The maximum absolute atomic E-state index is 13.0. The molecule has 23 heavy (non-hydrogen) atoms. The molecule has 0 unspecified atom stereocenters. The van der Waals surface area contributed by atoms with E-state index >= 15 is 0 Å².